The first kappa shape index (κ1) is 16.3. The maximum Gasteiger partial charge on any atom is 0.180 e. The lowest BCUT2D eigenvalue weighted by Crippen LogP contribution is -2.34. The molecule has 1 heterocycles. The fourth-order valence-corrected chi connectivity index (χ4v) is 2.68. The average Bonchev–Trinajstić information content (AvgIpc) is 2.46. The molecule has 1 fully saturated rings. The lowest BCUT2D eigenvalue weighted by atomic mass is 10.1. The van der Waals surface area contributed by atoms with Crippen molar-refractivity contribution in [3.05, 3.63) is 28.8 Å². The average molecular weight is 310 g/mol. The minimum Gasteiger partial charge on any atom is -0.493 e. The molecule has 0 spiro atoms. The van der Waals surface area contributed by atoms with Gasteiger partial charge in [-0.3, -0.25) is 9.69 Å². The number of halogens is 1. The van der Waals surface area contributed by atoms with Crippen molar-refractivity contribution in [3.63, 3.8) is 0 Å². The van der Waals surface area contributed by atoms with Crippen LogP contribution in [0.1, 0.15) is 43.5 Å². The number of ether oxygens (including phenoxy) is 1. The predicted octanol–water partition coefficient (Wildman–Crippen LogP) is 4.04. The van der Waals surface area contributed by atoms with Gasteiger partial charge in [0.15, 0.2) is 5.78 Å². The van der Waals surface area contributed by atoms with Gasteiger partial charge in [-0.15, -0.1) is 0 Å². The Kier molecular flexibility index (Phi) is 6.07. The van der Waals surface area contributed by atoms with Crippen LogP contribution in [-0.2, 0) is 0 Å². The van der Waals surface area contributed by atoms with Gasteiger partial charge in [0.25, 0.3) is 0 Å². The highest BCUT2D eigenvalue weighted by molar-refractivity contribution is 6.31. The van der Waals surface area contributed by atoms with Crippen LogP contribution in [0.25, 0.3) is 0 Å². The van der Waals surface area contributed by atoms with Crippen molar-refractivity contribution in [2.24, 2.45) is 5.92 Å². The molecular formula is C17H24ClNO2. The highest BCUT2D eigenvalue weighted by atomic mass is 35.5. The molecule has 3 nitrogen and oxygen atoms in total. The Morgan fingerprint density at radius 3 is 2.67 bits per heavy atom. The zero-order valence-corrected chi connectivity index (χ0v) is 13.7. The highest BCUT2D eigenvalue weighted by Gasteiger charge is 2.18. The Bertz CT molecular complexity index is 482. The molecule has 0 aliphatic carbocycles. The minimum absolute atomic E-state index is 0.0955. The Labute approximate surface area is 132 Å². The van der Waals surface area contributed by atoms with Crippen LogP contribution in [0.2, 0.25) is 5.02 Å². The van der Waals surface area contributed by atoms with Crippen LogP contribution in [0, 0.1) is 5.92 Å². The molecule has 1 aromatic rings. The lowest BCUT2D eigenvalue weighted by molar-refractivity contribution is 0.0911. The third kappa shape index (κ3) is 5.01. The standard InChI is InChI=1S/C17H24ClNO2/c1-13(2)12-21-17-7-6-14(18)10-15(17)16(20)11-19-8-4-3-5-9-19/h6-7,10,13H,3-5,8-9,11-12H2,1-2H3. The molecule has 0 atom stereocenters. The summed E-state index contributed by atoms with van der Waals surface area (Å²) in [6.07, 6.45) is 3.63. The topological polar surface area (TPSA) is 29.5 Å². The number of benzene rings is 1. The quantitative estimate of drug-likeness (QED) is 0.743. The van der Waals surface area contributed by atoms with Crippen LogP contribution in [-0.4, -0.2) is 36.9 Å². The van der Waals surface area contributed by atoms with Gasteiger partial charge in [0, 0.05) is 5.02 Å². The molecule has 0 aromatic heterocycles. The minimum atomic E-state index is 0.0955. The van der Waals surface area contributed by atoms with Crippen molar-refractivity contribution in [2.45, 2.75) is 33.1 Å². The van der Waals surface area contributed by atoms with Crippen molar-refractivity contribution in [2.75, 3.05) is 26.2 Å². The molecule has 0 unspecified atom stereocenters. The molecule has 4 heteroatoms. The highest BCUT2D eigenvalue weighted by Crippen LogP contribution is 2.24. The zero-order chi connectivity index (χ0) is 15.2. The van der Waals surface area contributed by atoms with E-state index in [-0.39, 0.29) is 5.78 Å². The van der Waals surface area contributed by atoms with E-state index in [0.717, 1.165) is 13.1 Å². The van der Waals surface area contributed by atoms with Crippen molar-refractivity contribution in [1.29, 1.82) is 0 Å². The number of likely N-dealkylation sites (tertiary alicyclic amines) is 1. The first-order valence-corrected chi connectivity index (χ1v) is 8.12. The third-order valence-electron chi connectivity index (χ3n) is 3.63. The van der Waals surface area contributed by atoms with Gasteiger partial charge >= 0.3 is 0 Å². The first-order chi connectivity index (χ1) is 10.1. The summed E-state index contributed by atoms with van der Waals surface area (Å²) in [6.45, 7) is 7.25. The zero-order valence-electron chi connectivity index (χ0n) is 12.9. The number of hydrogen-bond acceptors (Lipinski definition) is 3. The summed E-state index contributed by atoms with van der Waals surface area (Å²) >= 11 is 6.04. The largest absolute Gasteiger partial charge is 0.493 e. The van der Waals surface area contributed by atoms with E-state index < -0.39 is 0 Å². The number of nitrogens with zero attached hydrogens (tertiary/aromatic N) is 1. The Morgan fingerprint density at radius 2 is 2.00 bits per heavy atom. The maximum atomic E-state index is 12.6. The van der Waals surface area contributed by atoms with Crippen LogP contribution in [0.3, 0.4) is 0 Å². The second-order valence-electron chi connectivity index (χ2n) is 6.11. The molecule has 1 aliphatic heterocycles. The number of piperidine rings is 1. The smallest absolute Gasteiger partial charge is 0.180 e. The normalized spacial score (nSPS) is 16.2. The van der Waals surface area contributed by atoms with Gasteiger partial charge in [0.1, 0.15) is 5.75 Å². The fraction of sp³-hybridized carbons (Fsp3) is 0.588. The van der Waals surface area contributed by atoms with E-state index >= 15 is 0 Å². The Balaban J connectivity index is 2.08. The molecule has 0 radical (unpaired) electrons. The van der Waals surface area contributed by atoms with Crippen LogP contribution in [0.5, 0.6) is 5.75 Å². The number of hydrogen-bond donors (Lipinski definition) is 0. The molecule has 2 rings (SSSR count). The van der Waals surface area contributed by atoms with Gasteiger partial charge < -0.3 is 4.74 Å². The van der Waals surface area contributed by atoms with Crippen molar-refractivity contribution >= 4 is 17.4 Å². The molecule has 1 aromatic carbocycles. The predicted molar refractivity (Wildman–Crippen MR) is 86.4 cm³/mol. The lowest BCUT2D eigenvalue weighted by Gasteiger charge is -2.26. The summed E-state index contributed by atoms with van der Waals surface area (Å²) < 4.78 is 5.77. The number of rotatable bonds is 6. The van der Waals surface area contributed by atoms with Crippen molar-refractivity contribution < 1.29 is 9.53 Å². The molecule has 21 heavy (non-hydrogen) atoms. The molecule has 116 valence electrons. The van der Waals surface area contributed by atoms with Gasteiger partial charge in [-0.05, 0) is 50.0 Å². The maximum absolute atomic E-state index is 12.6. The fourth-order valence-electron chi connectivity index (χ4n) is 2.51. The van der Waals surface area contributed by atoms with Crippen molar-refractivity contribution in [3.8, 4) is 5.75 Å². The third-order valence-corrected chi connectivity index (χ3v) is 3.87. The molecular weight excluding hydrogens is 286 g/mol. The van der Waals surface area contributed by atoms with Gasteiger partial charge in [-0.25, -0.2) is 0 Å². The van der Waals surface area contributed by atoms with Crippen LogP contribution in [0.4, 0.5) is 0 Å². The summed E-state index contributed by atoms with van der Waals surface area (Å²) in [6, 6.07) is 5.30. The van der Waals surface area contributed by atoms with E-state index in [1.54, 1.807) is 18.2 Å². The number of carbonyl (C=O) groups excluding carboxylic acids is 1. The van der Waals surface area contributed by atoms with Crippen LogP contribution < -0.4 is 4.74 Å². The monoisotopic (exact) mass is 309 g/mol. The Hall–Kier alpha value is -1.06. The number of ketones is 1. The number of Topliss-reactive ketones (excluding diaryl/α,β-unsaturated/α-hetero) is 1. The summed E-state index contributed by atoms with van der Waals surface area (Å²) in [5.74, 6) is 1.17. The van der Waals surface area contributed by atoms with E-state index in [0.29, 0.717) is 35.4 Å². The van der Waals surface area contributed by atoms with E-state index in [4.69, 9.17) is 16.3 Å². The molecule has 1 aliphatic rings. The molecule has 0 amide bonds. The molecule has 0 N–H and O–H groups in total. The number of carbonyl (C=O) groups is 1. The van der Waals surface area contributed by atoms with Crippen LogP contribution in [0.15, 0.2) is 18.2 Å². The van der Waals surface area contributed by atoms with Gasteiger partial charge in [-0.2, -0.15) is 0 Å². The second kappa shape index (κ2) is 7.81. The summed E-state index contributed by atoms with van der Waals surface area (Å²) in [7, 11) is 0. The summed E-state index contributed by atoms with van der Waals surface area (Å²) in [4.78, 5) is 14.8. The van der Waals surface area contributed by atoms with Gasteiger partial charge in [0.05, 0.1) is 18.7 Å². The first-order valence-electron chi connectivity index (χ1n) is 7.74. The van der Waals surface area contributed by atoms with Gasteiger partial charge in [0.2, 0.25) is 0 Å². The molecule has 0 saturated carbocycles. The van der Waals surface area contributed by atoms with Crippen LogP contribution >= 0.6 is 11.6 Å². The van der Waals surface area contributed by atoms with E-state index in [1.807, 2.05) is 0 Å². The molecule has 1 saturated heterocycles. The SMILES string of the molecule is CC(C)COc1ccc(Cl)cc1C(=O)CN1CCCCC1. The van der Waals surface area contributed by atoms with E-state index in [9.17, 15) is 4.79 Å². The van der Waals surface area contributed by atoms with Gasteiger partial charge in [-0.1, -0.05) is 31.9 Å². The van der Waals surface area contributed by atoms with E-state index in [2.05, 4.69) is 18.7 Å². The van der Waals surface area contributed by atoms with E-state index in [1.165, 1.54) is 19.3 Å². The second-order valence-corrected chi connectivity index (χ2v) is 6.54. The van der Waals surface area contributed by atoms with Crippen molar-refractivity contribution in [1.82, 2.24) is 4.90 Å². The molecule has 0 bridgehead atoms. The summed E-state index contributed by atoms with van der Waals surface area (Å²) in [5.41, 5.74) is 0.605. The summed E-state index contributed by atoms with van der Waals surface area (Å²) in [5, 5.41) is 0.578. The Morgan fingerprint density at radius 1 is 1.29 bits per heavy atom.